The maximum absolute atomic E-state index is 4.40. The van der Waals surface area contributed by atoms with Crippen LogP contribution in [0.15, 0.2) is 70.8 Å². The number of aromatic nitrogens is 3. The molecule has 0 aliphatic rings. The Morgan fingerprint density at radius 3 is 2.05 bits per heavy atom. The minimum atomic E-state index is 0.452. The summed E-state index contributed by atoms with van der Waals surface area (Å²) in [7, 11) is 0. The SMILES string of the molecule is Cc1nnc(N=Cc2ccccc2)n1N=Cc1ccccc1. The van der Waals surface area contributed by atoms with Gasteiger partial charge in [0.25, 0.3) is 5.95 Å². The molecule has 0 fully saturated rings. The first-order valence-corrected chi connectivity index (χ1v) is 6.93. The van der Waals surface area contributed by atoms with Crippen LogP contribution >= 0.6 is 0 Å². The molecule has 0 radical (unpaired) electrons. The molecule has 5 nitrogen and oxygen atoms in total. The summed E-state index contributed by atoms with van der Waals surface area (Å²) in [6.45, 7) is 1.84. The average molecular weight is 289 g/mol. The van der Waals surface area contributed by atoms with Gasteiger partial charge in [-0.25, -0.2) is 4.99 Å². The smallest absolute Gasteiger partial charge is 0.218 e. The first-order chi connectivity index (χ1) is 10.8. The lowest BCUT2D eigenvalue weighted by Crippen LogP contribution is -1.94. The minimum absolute atomic E-state index is 0.452. The van der Waals surface area contributed by atoms with Crippen molar-refractivity contribution in [2.75, 3.05) is 0 Å². The van der Waals surface area contributed by atoms with E-state index in [9.17, 15) is 0 Å². The molecule has 22 heavy (non-hydrogen) atoms. The third-order valence-corrected chi connectivity index (χ3v) is 3.03. The highest BCUT2D eigenvalue weighted by atomic mass is 15.5. The first-order valence-electron chi connectivity index (χ1n) is 6.93. The molecule has 0 atom stereocenters. The summed E-state index contributed by atoms with van der Waals surface area (Å²) in [6, 6.07) is 19.7. The zero-order valence-electron chi connectivity index (χ0n) is 12.2. The second kappa shape index (κ2) is 6.58. The summed E-state index contributed by atoms with van der Waals surface area (Å²) >= 11 is 0. The molecule has 0 saturated heterocycles. The highest BCUT2D eigenvalue weighted by Gasteiger charge is 2.05. The van der Waals surface area contributed by atoms with Gasteiger partial charge in [0.2, 0.25) is 0 Å². The molecule has 3 rings (SSSR count). The summed E-state index contributed by atoms with van der Waals surface area (Å²) < 4.78 is 1.62. The fraction of sp³-hybridized carbons (Fsp3) is 0.0588. The Morgan fingerprint density at radius 1 is 0.818 bits per heavy atom. The van der Waals surface area contributed by atoms with Crippen LogP contribution in [0, 0.1) is 6.92 Å². The molecule has 0 bridgehead atoms. The molecule has 2 aromatic carbocycles. The van der Waals surface area contributed by atoms with E-state index in [-0.39, 0.29) is 0 Å². The number of rotatable bonds is 4. The van der Waals surface area contributed by atoms with E-state index in [0.29, 0.717) is 11.8 Å². The summed E-state index contributed by atoms with van der Waals surface area (Å²) in [5.41, 5.74) is 2.01. The van der Waals surface area contributed by atoms with Crippen molar-refractivity contribution in [1.82, 2.24) is 14.9 Å². The second-order valence-corrected chi connectivity index (χ2v) is 4.68. The molecule has 0 unspecified atom stereocenters. The average Bonchev–Trinajstić information content (AvgIpc) is 2.93. The van der Waals surface area contributed by atoms with Crippen molar-refractivity contribution in [2.45, 2.75) is 6.92 Å². The maximum Gasteiger partial charge on any atom is 0.271 e. The quantitative estimate of drug-likeness (QED) is 0.692. The van der Waals surface area contributed by atoms with Gasteiger partial charge in [-0.15, -0.1) is 10.2 Å². The van der Waals surface area contributed by atoms with Crippen LogP contribution in [-0.2, 0) is 0 Å². The van der Waals surface area contributed by atoms with Gasteiger partial charge in [0.15, 0.2) is 5.82 Å². The van der Waals surface area contributed by atoms with Crippen molar-refractivity contribution in [3.63, 3.8) is 0 Å². The lowest BCUT2D eigenvalue weighted by Gasteiger charge is -1.98. The number of nitrogens with zero attached hydrogens (tertiary/aromatic N) is 5. The number of hydrogen-bond acceptors (Lipinski definition) is 4. The van der Waals surface area contributed by atoms with E-state index in [1.807, 2.05) is 67.6 Å². The van der Waals surface area contributed by atoms with Crippen LogP contribution in [0.5, 0.6) is 0 Å². The van der Waals surface area contributed by atoms with Gasteiger partial charge in [0.1, 0.15) is 0 Å². The Morgan fingerprint density at radius 2 is 1.41 bits per heavy atom. The summed E-state index contributed by atoms with van der Waals surface area (Å²) in [4.78, 5) is 4.36. The first kappa shape index (κ1) is 13.9. The third-order valence-electron chi connectivity index (χ3n) is 3.03. The molecule has 3 aromatic rings. The molecule has 0 aliphatic carbocycles. The Kier molecular flexibility index (Phi) is 4.15. The van der Waals surface area contributed by atoms with Crippen LogP contribution < -0.4 is 0 Å². The normalized spacial score (nSPS) is 11.5. The molecule has 0 spiro atoms. The van der Waals surface area contributed by atoms with Gasteiger partial charge in [-0.3, -0.25) is 0 Å². The van der Waals surface area contributed by atoms with Crippen LogP contribution in [0.1, 0.15) is 17.0 Å². The van der Waals surface area contributed by atoms with E-state index in [1.54, 1.807) is 17.1 Å². The minimum Gasteiger partial charge on any atom is -0.218 e. The molecule has 108 valence electrons. The van der Waals surface area contributed by atoms with E-state index in [4.69, 9.17) is 0 Å². The lowest BCUT2D eigenvalue weighted by molar-refractivity contribution is 0.834. The summed E-state index contributed by atoms with van der Waals surface area (Å²) in [6.07, 6.45) is 3.51. The fourth-order valence-electron chi connectivity index (χ4n) is 1.90. The Bertz CT molecular complexity index is 788. The van der Waals surface area contributed by atoms with E-state index in [1.165, 1.54) is 0 Å². The van der Waals surface area contributed by atoms with Gasteiger partial charge in [0, 0.05) is 6.21 Å². The van der Waals surface area contributed by atoms with Crippen LogP contribution in [0.25, 0.3) is 0 Å². The fourth-order valence-corrected chi connectivity index (χ4v) is 1.90. The number of benzene rings is 2. The van der Waals surface area contributed by atoms with E-state index >= 15 is 0 Å². The van der Waals surface area contributed by atoms with Gasteiger partial charge < -0.3 is 0 Å². The highest BCUT2D eigenvalue weighted by molar-refractivity contribution is 5.81. The van der Waals surface area contributed by atoms with E-state index in [0.717, 1.165) is 11.1 Å². The zero-order valence-corrected chi connectivity index (χ0v) is 12.2. The predicted octanol–water partition coefficient (Wildman–Crippen LogP) is 3.22. The molecule has 1 aromatic heterocycles. The number of aliphatic imine (C=N–C) groups is 1. The largest absolute Gasteiger partial charge is 0.271 e. The molecule has 5 heteroatoms. The van der Waals surface area contributed by atoms with Gasteiger partial charge in [0.05, 0.1) is 6.21 Å². The van der Waals surface area contributed by atoms with Crippen molar-refractivity contribution in [3.8, 4) is 0 Å². The highest BCUT2D eigenvalue weighted by Crippen LogP contribution is 2.11. The second-order valence-electron chi connectivity index (χ2n) is 4.68. The van der Waals surface area contributed by atoms with Crippen molar-refractivity contribution >= 4 is 18.4 Å². The van der Waals surface area contributed by atoms with Crippen LogP contribution in [0.2, 0.25) is 0 Å². The maximum atomic E-state index is 4.40. The third kappa shape index (κ3) is 3.32. The van der Waals surface area contributed by atoms with Crippen molar-refractivity contribution in [3.05, 3.63) is 77.6 Å². The van der Waals surface area contributed by atoms with Gasteiger partial charge in [-0.2, -0.15) is 9.78 Å². The molecular weight excluding hydrogens is 274 g/mol. The summed E-state index contributed by atoms with van der Waals surface area (Å²) in [5, 5.41) is 12.5. The van der Waals surface area contributed by atoms with Gasteiger partial charge >= 0.3 is 0 Å². The van der Waals surface area contributed by atoms with Crippen LogP contribution in [0.3, 0.4) is 0 Å². The van der Waals surface area contributed by atoms with Gasteiger partial charge in [-0.1, -0.05) is 60.7 Å². The van der Waals surface area contributed by atoms with Crippen molar-refractivity contribution in [2.24, 2.45) is 10.1 Å². The van der Waals surface area contributed by atoms with Crippen molar-refractivity contribution < 1.29 is 0 Å². The molecule has 0 saturated carbocycles. The lowest BCUT2D eigenvalue weighted by atomic mass is 10.2. The topological polar surface area (TPSA) is 55.4 Å². The summed E-state index contributed by atoms with van der Waals surface area (Å²) in [5.74, 6) is 1.14. The zero-order chi connectivity index (χ0) is 15.2. The molecule has 1 heterocycles. The molecule has 0 amide bonds. The monoisotopic (exact) mass is 289 g/mol. The number of aryl methyl sites for hydroxylation is 1. The Hall–Kier alpha value is -3.08. The van der Waals surface area contributed by atoms with E-state index < -0.39 is 0 Å². The molecule has 0 N–H and O–H groups in total. The van der Waals surface area contributed by atoms with Gasteiger partial charge in [-0.05, 0) is 18.1 Å². The standard InChI is InChI=1S/C17H15N5/c1-14-20-21-17(18-12-15-8-4-2-5-9-15)22(14)19-13-16-10-6-3-7-11-16/h2-13H,1H3. The van der Waals surface area contributed by atoms with Crippen molar-refractivity contribution in [1.29, 1.82) is 0 Å². The Balaban J connectivity index is 1.85. The Labute approximate surface area is 128 Å². The van der Waals surface area contributed by atoms with Crippen LogP contribution in [0.4, 0.5) is 5.95 Å². The van der Waals surface area contributed by atoms with Crippen LogP contribution in [-0.4, -0.2) is 27.3 Å². The molecular formula is C17H15N5. The predicted molar refractivity (Wildman–Crippen MR) is 87.9 cm³/mol. The molecule has 0 aliphatic heterocycles. The number of hydrogen-bond donors (Lipinski definition) is 0. The van der Waals surface area contributed by atoms with E-state index in [2.05, 4.69) is 20.3 Å².